The third-order valence-electron chi connectivity index (χ3n) is 5.07. The van der Waals surface area contributed by atoms with Crippen molar-refractivity contribution >= 4 is 7.60 Å². The van der Waals surface area contributed by atoms with Crippen LogP contribution in [0.1, 0.15) is 46.6 Å². The second-order valence-electron chi connectivity index (χ2n) is 8.07. The molecule has 8 nitrogen and oxygen atoms in total. The molecule has 2 rings (SSSR count). The number of aryl methyl sites for hydroxylation is 1. The summed E-state index contributed by atoms with van der Waals surface area (Å²) < 4.78 is 19.1. The van der Waals surface area contributed by atoms with Crippen molar-refractivity contribution in [3.8, 4) is 0 Å². The molecule has 148 valence electrons. The molecule has 1 heterocycles. The van der Waals surface area contributed by atoms with Gasteiger partial charge in [0.2, 0.25) is 0 Å². The van der Waals surface area contributed by atoms with E-state index in [-0.39, 0.29) is 24.3 Å². The van der Waals surface area contributed by atoms with Gasteiger partial charge in [-0.05, 0) is 31.1 Å². The van der Waals surface area contributed by atoms with Crippen molar-refractivity contribution in [3.63, 3.8) is 0 Å². The molecule has 0 spiro atoms. The second-order valence-corrected chi connectivity index (χ2v) is 9.94. The van der Waals surface area contributed by atoms with Crippen LogP contribution in [0.3, 0.4) is 0 Å². The lowest BCUT2D eigenvalue weighted by Gasteiger charge is -2.29. The first-order valence-electron chi connectivity index (χ1n) is 8.90. The highest BCUT2D eigenvalue weighted by molar-refractivity contribution is 7.53. The highest BCUT2D eigenvalue weighted by atomic mass is 31.2. The van der Waals surface area contributed by atoms with Crippen molar-refractivity contribution in [3.05, 3.63) is 32.6 Å². The van der Waals surface area contributed by atoms with E-state index in [1.54, 1.807) is 6.92 Å². The van der Waals surface area contributed by atoms with Crippen LogP contribution < -0.4 is 11.2 Å². The Morgan fingerprint density at radius 1 is 1.35 bits per heavy atom. The van der Waals surface area contributed by atoms with E-state index < -0.39 is 30.1 Å². The molecule has 0 aromatic carbocycles. The maximum atomic E-state index is 12.7. The topological polar surface area (TPSA) is 111 Å². The summed E-state index contributed by atoms with van der Waals surface area (Å²) in [6.07, 6.45) is 2.05. The van der Waals surface area contributed by atoms with Crippen LogP contribution in [0, 0.1) is 24.7 Å². The van der Waals surface area contributed by atoms with E-state index in [1.807, 2.05) is 34.6 Å². The number of nitrogens with zero attached hydrogens (tertiary/aromatic N) is 1. The summed E-state index contributed by atoms with van der Waals surface area (Å²) in [5.74, 6) is -0.0452. The Morgan fingerprint density at radius 2 is 1.88 bits per heavy atom. The molecule has 1 aromatic rings. The monoisotopic (exact) mass is 388 g/mol. The lowest BCUT2D eigenvalue weighted by molar-refractivity contribution is -0.272. The van der Waals surface area contributed by atoms with Gasteiger partial charge in [-0.1, -0.05) is 34.6 Å². The zero-order valence-electron chi connectivity index (χ0n) is 16.2. The molecule has 0 aliphatic heterocycles. The molecular formula is C17H29N2O6P. The van der Waals surface area contributed by atoms with E-state index in [1.165, 1.54) is 10.8 Å². The van der Waals surface area contributed by atoms with Crippen molar-refractivity contribution in [1.82, 2.24) is 9.55 Å². The fourth-order valence-corrected chi connectivity index (χ4v) is 5.41. The van der Waals surface area contributed by atoms with Crippen LogP contribution in [0.2, 0.25) is 0 Å². The van der Waals surface area contributed by atoms with Gasteiger partial charge < -0.3 is 4.89 Å². The summed E-state index contributed by atoms with van der Waals surface area (Å²) in [4.78, 5) is 41.6. The Labute approximate surface area is 153 Å². The average molecular weight is 388 g/mol. The third-order valence-corrected chi connectivity index (χ3v) is 7.30. The Morgan fingerprint density at radius 3 is 2.35 bits per heavy atom. The van der Waals surface area contributed by atoms with Gasteiger partial charge >= 0.3 is 13.3 Å². The predicted octanol–water partition coefficient (Wildman–Crippen LogP) is 2.44. The van der Waals surface area contributed by atoms with Crippen LogP contribution in [0.4, 0.5) is 0 Å². The minimum Gasteiger partial charge on any atom is -0.323 e. The molecule has 0 saturated heterocycles. The van der Waals surface area contributed by atoms with Gasteiger partial charge in [-0.15, -0.1) is 4.67 Å². The molecule has 1 aromatic heterocycles. The van der Waals surface area contributed by atoms with Crippen LogP contribution in [0.15, 0.2) is 15.8 Å². The van der Waals surface area contributed by atoms with Crippen molar-refractivity contribution < 1.29 is 19.0 Å². The van der Waals surface area contributed by atoms with Crippen molar-refractivity contribution in [2.24, 2.45) is 17.8 Å². The standard InChI is InChI=1S/C17H29N2O6P/c1-10(2)14(11(3)4)26(22,23)25-24-17(7-13(17)6)9-19-8-12(5)15(20)18-16(19)21/h8,10-11,13-14H,7,9H2,1-6H3,(H,22,23)(H,18,20,21). The van der Waals surface area contributed by atoms with Crippen LogP contribution in [-0.2, 0) is 20.7 Å². The minimum atomic E-state index is -4.00. The van der Waals surface area contributed by atoms with Crippen LogP contribution in [-0.4, -0.2) is 25.7 Å². The van der Waals surface area contributed by atoms with E-state index in [2.05, 4.69) is 4.98 Å². The van der Waals surface area contributed by atoms with Gasteiger partial charge in [0.25, 0.3) is 5.56 Å². The number of hydrogen-bond acceptors (Lipinski definition) is 5. The van der Waals surface area contributed by atoms with E-state index in [0.29, 0.717) is 12.0 Å². The summed E-state index contributed by atoms with van der Waals surface area (Å²) in [5.41, 5.74) is -1.98. The quantitative estimate of drug-likeness (QED) is 0.402. The van der Waals surface area contributed by atoms with Gasteiger partial charge in [-0.3, -0.25) is 18.9 Å². The molecule has 0 amide bonds. The Hall–Kier alpha value is -1.21. The van der Waals surface area contributed by atoms with E-state index >= 15 is 0 Å². The summed E-state index contributed by atoms with van der Waals surface area (Å²) >= 11 is 0. The predicted molar refractivity (Wildman–Crippen MR) is 98.0 cm³/mol. The third kappa shape index (κ3) is 4.36. The molecule has 0 radical (unpaired) electrons. The zero-order valence-corrected chi connectivity index (χ0v) is 17.1. The minimum absolute atomic E-state index is 0.0496. The summed E-state index contributed by atoms with van der Waals surface area (Å²) in [7, 11) is -4.00. The van der Waals surface area contributed by atoms with Gasteiger partial charge in [0.15, 0.2) is 0 Å². The first-order chi connectivity index (χ1) is 11.9. The molecule has 1 aliphatic carbocycles. The number of aromatic amines is 1. The molecule has 26 heavy (non-hydrogen) atoms. The first-order valence-corrected chi connectivity index (χ1v) is 10.5. The lowest BCUT2D eigenvalue weighted by atomic mass is 10.00. The summed E-state index contributed by atoms with van der Waals surface area (Å²) in [6, 6.07) is 0. The Kier molecular flexibility index (Phi) is 6.03. The maximum Gasteiger partial charge on any atom is 0.359 e. The van der Waals surface area contributed by atoms with Gasteiger partial charge in [-0.25, -0.2) is 9.68 Å². The van der Waals surface area contributed by atoms with Crippen LogP contribution in [0.5, 0.6) is 0 Å². The molecule has 1 aliphatic rings. The largest absolute Gasteiger partial charge is 0.359 e. The lowest BCUT2D eigenvalue weighted by Crippen LogP contribution is -2.36. The SMILES string of the molecule is Cc1cn(CC2(OOP(=O)(O)C(C(C)C)C(C)C)CC2C)c(=O)[nH]c1=O. The van der Waals surface area contributed by atoms with Gasteiger partial charge in [0.1, 0.15) is 5.60 Å². The van der Waals surface area contributed by atoms with Gasteiger partial charge in [-0.2, -0.15) is 0 Å². The van der Waals surface area contributed by atoms with E-state index in [0.717, 1.165) is 0 Å². The van der Waals surface area contributed by atoms with Crippen molar-refractivity contribution in [2.45, 2.75) is 65.8 Å². The molecule has 9 heteroatoms. The molecular weight excluding hydrogens is 359 g/mol. The zero-order chi connectivity index (χ0) is 19.9. The normalized spacial score (nSPS) is 25.1. The fraction of sp³-hybridized carbons (Fsp3) is 0.765. The smallest absolute Gasteiger partial charge is 0.323 e. The molecule has 0 bridgehead atoms. The van der Waals surface area contributed by atoms with Crippen LogP contribution in [0.25, 0.3) is 0 Å². The second kappa shape index (κ2) is 7.43. The highest BCUT2D eigenvalue weighted by Gasteiger charge is 2.56. The van der Waals surface area contributed by atoms with Crippen LogP contribution >= 0.6 is 7.60 Å². The van der Waals surface area contributed by atoms with Crippen molar-refractivity contribution in [2.75, 3.05) is 0 Å². The molecule has 1 saturated carbocycles. The van der Waals surface area contributed by atoms with E-state index in [9.17, 15) is 19.0 Å². The van der Waals surface area contributed by atoms with Crippen molar-refractivity contribution in [1.29, 1.82) is 0 Å². The first kappa shape index (κ1) is 21.1. The molecule has 1 fully saturated rings. The molecule has 3 atom stereocenters. The number of rotatable bonds is 8. The molecule has 3 unspecified atom stereocenters. The van der Waals surface area contributed by atoms with E-state index in [4.69, 9.17) is 9.56 Å². The molecule has 2 N–H and O–H groups in total. The number of nitrogens with one attached hydrogen (secondary N) is 1. The maximum absolute atomic E-state index is 12.7. The summed E-state index contributed by atoms with van der Waals surface area (Å²) in [5, 5.41) is 0. The highest BCUT2D eigenvalue weighted by Crippen LogP contribution is 2.57. The fourth-order valence-electron chi connectivity index (χ4n) is 3.55. The number of hydrogen-bond donors (Lipinski definition) is 2. The number of H-pyrrole nitrogens is 1. The number of aromatic nitrogens is 2. The van der Waals surface area contributed by atoms with Gasteiger partial charge in [0, 0.05) is 11.8 Å². The summed E-state index contributed by atoms with van der Waals surface area (Å²) in [6.45, 7) is 11.1. The average Bonchev–Trinajstić information content (AvgIpc) is 3.12. The Balaban J connectivity index is 2.17. The van der Waals surface area contributed by atoms with Gasteiger partial charge in [0.05, 0.1) is 12.2 Å². The Bertz CT molecular complexity index is 806.